The van der Waals surface area contributed by atoms with Gasteiger partial charge in [0.15, 0.2) is 0 Å². The molecule has 1 atom stereocenters. The van der Waals surface area contributed by atoms with Crippen molar-refractivity contribution in [2.24, 2.45) is 5.41 Å². The van der Waals surface area contributed by atoms with Gasteiger partial charge in [0.2, 0.25) is 5.91 Å². The van der Waals surface area contributed by atoms with Crippen LogP contribution in [-0.2, 0) is 4.79 Å². The second-order valence-electron chi connectivity index (χ2n) is 5.88. The SMILES string of the molecule is CCC(C)N(C)CCNC(=O)C1(CC)CCNCC1. The van der Waals surface area contributed by atoms with Crippen LogP contribution in [0.2, 0.25) is 0 Å². The van der Waals surface area contributed by atoms with E-state index in [2.05, 4.69) is 43.4 Å². The van der Waals surface area contributed by atoms with Crippen LogP contribution in [-0.4, -0.2) is 50.1 Å². The number of amides is 1. The van der Waals surface area contributed by atoms with Crippen LogP contribution in [0.3, 0.4) is 0 Å². The van der Waals surface area contributed by atoms with Crippen molar-refractivity contribution in [1.82, 2.24) is 15.5 Å². The summed E-state index contributed by atoms with van der Waals surface area (Å²) in [6.07, 6.45) is 4.03. The Morgan fingerprint density at radius 1 is 1.37 bits per heavy atom. The maximum absolute atomic E-state index is 12.4. The summed E-state index contributed by atoms with van der Waals surface area (Å²) in [6.45, 7) is 10.2. The monoisotopic (exact) mass is 269 g/mol. The Morgan fingerprint density at radius 3 is 2.53 bits per heavy atom. The molecule has 0 radical (unpaired) electrons. The minimum Gasteiger partial charge on any atom is -0.354 e. The molecule has 1 heterocycles. The van der Waals surface area contributed by atoms with Gasteiger partial charge in [0, 0.05) is 19.1 Å². The fourth-order valence-corrected chi connectivity index (χ4v) is 2.71. The summed E-state index contributed by atoms with van der Waals surface area (Å²) >= 11 is 0. The van der Waals surface area contributed by atoms with Crippen LogP contribution in [0.25, 0.3) is 0 Å². The van der Waals surface area contributed by atoms with Gasteiger partial charge in [-0.05, 0) is 52.7 Å². The topological polar surface area (TPSA) is 44.4 Å². The van der Waals surface area contributed by atoms with Crippen LogP contribution >= 0.6 is 0 Å². The van der Waals surface area contributed by atoms with Crippen LogP contribution in [0.15, 0.2) is 0 Å². The van der Waals surface area contributed by atoms with Crippen LogP contribution in [0.4, 0.5) is 0 Å². The molecular formula is C15H31N3O. The minimum atomic E-state index is -0.125. The van der Waals surface area contributed by atoms with E-state index in [9.17, 15) is 4.79 Å². The van der Waals surface area contributed by atoms with Crippen molar-refractivity contribution in [3.63, 3.8) is 0 Å². The lowest BCUT2D eigenvalue weighted by molar-refractivity contribution is -0.132. The molecule has 0 saturated carbocycles. The quantitative estimate of drug-likeness (QED) is 0.738. The summed E-state index contributed by atoms with van der Waals surface area (Å²) in [7, 11) is 2.13. The number of rotatable bonds is 7. The molecule has 19 heavy (non-hydrogen) atoms. The van der Waals surface area contributed by atoms with E-state index in [1.807, 2.05) is 0 Å². The van der Waals surface area contributed by atoms with Gasteiger partial charge in [-0.1, -0.05) is 13.8 Å². The molecule has 1 unspecified atom stereocenters. The molecule has 0 bridgehead atoms. The molecule has 4 heteroatoms. The zero-order chi connectivity index (χ0) is 14.3. The molecule has 0 aromatic carbocycles. The number of carbonyl (C=O) groups excluding carboxylic acids is 1. The number of nitrogens with one attached hydrogen (secondary N) is 2. The van der Waals surface area contributed by atoms with Gasteiger partial charge in [-0.15, -0.1) is 0 Å². The van der Waals surface area contributed by atoms with E-state index < -0.39 is 0 Å². The van der Waals surface area contributed by atoms with Crippen molar-refractivity contribution in [3.05, 3.63) is 0 Å². The van der Waals surface area contributed by atoms with Crippen LogP contribution < -0.4 is 10.6 Å². The Morgan fingerprint density at radius 2 is 2.00 bits per heavy atom. The Balaban J connectivity index is 2.37. The minimum absolute atomic E-state index is 0.125. The maximum atomic E-state index is 12.4. The molecule has 1 fully saturated rings. The average Bonchev–Trinajstić information content (AvgIpc) is 2.46. The molecule has 112 valence electrons. The zero-order valence-electron chi connectivity index (χ0n) is 13.1. The molecule has 0 spiro atoms. The number of piperidine rings is 1. The van der Waals surface area contributed by atoms with Gasteiger partial charge in [-0.25, -0.2) is 0 Å². The van der Waals surface area contributed by atoms with Gasteiger partial charge < -0.3 is 15.5 Å². The predicted molar refractivity (Wildman–Crippen MR) is 80.2 cm³/mol. The fraction of sp³-hybridized carbons (Fsp3) is 0.933. The molecule has 1 amide bonds. The summed E-state index contributed by atoms with van der Waals surface area (Å²) in [4.78, 5) is 14.7. The van der Waals surface area contributed by atoms with Crippen molar-refractivity contribution in [2.45, 2.75) is 52.5 Å². The summed E-state index contributed by atoms with van der Waals surface area (Å²) < 4.78 is 0. The number of carbonyl (C=O) groups is 1. The predicted octanol–water partition coefficient (Wildman–Crippen LogP) is 1.61. The van der Waals surface area contributed by atoms with Gasteiger partial charge in [0.05, 0.1) is 5.41 Å². The number of nitrogens with zero attached hydrogens (tertiary/aromatic N) is 1. The highest BCUT2D eigenvalue weighted by Crippen LogP contribution is 2.32. The molecule has 4 nitrogen and oxygen atoms in total. The lowest BCUT2D eigenvalue weighted by atomic mass is 9.76. The lowest BCUT2D eigenvalue weighted by Crippen LogP contribution is -2.48. The Labute approximate surface area is 118 Å². The van der Waals surface area contributed by atoms with Crippen LogP contribution in [0, 0.1) is 5.41 Å². The normalized spacial score (nSPS) is 20.3. The lowest BCUT2D eigenvalue weighted by Gasteiger charge is -2.35. The molecule has 0 aromatic rings. The van der Waals surface area contributed by atoms with E-state index >= 15 is 0 Å². The molecule has 1 aliphatic heterocycles. The van der Waals surface area contributed by atoms with E-state index in [-0.39, 0.29) is 11.3 Å². The molecule has 1 saturated heterocycles. The maximum Gasteiger partial charge on any atom is 0.226 e. The summed E-state index contributed by atoms with van der Waals surface area (Å²) in [5.74, 6) is 0.258. The van der Waals surface area contributed by atoms with Crippen molar-refractivity contribution in [1.29, 1.82) is 0 Å². The third-order valence-electron chi connectivity index (χ3n) is 4.81. The Hall–Kier alpha value is -0.610. The zero-order valence-corrected chi connectivity index (χ0v) is 13.1. The van der Waals surface area contributed by atoms with Gasteiger partial charge in [0.25, 0.3) is 0 Å². The second-order valence-corrected chi connectivity index (χ2v) is 5.88. The average molecular weight is 269 g/mol. The highest BCUT2D eigenvalue weighted by molar-refractivity contribution is 5.82. The molecule has 1 rings (SSSR count). The third kappa shape index (κ3) is 4.46. The Bertz CT molecular complexity index is 275. The Kier molecular flexibility index (Phi) is 6.80. The number of hydrogen-bond donors (Lipinski definition) is 2. The standard InChI is InChI=1S/C15H31N3O/c1-5-13(3)18(4)12-11-17-14(19)15(6-2)7-9-16-10-8-15/h13,16H,5-12H2,1-4H3,(H,17,19). The summed E-state index contributed by atoms with van der Waals surface area (Å²) in [5, 5.41) is 6.48. The van der Waals surface area contributed by atoms with Crippen LogP contribution in [0.1, 0.15) is 46.5 Å². The smallest absolute Gasteiger partial charge is 0.226 e. The van der Waals surface area contributed by atoms with E-state index in [1.54, 1.807) is 0 Å². The highest BCUT2D eigenvalue weighted by Gasteiger charge is 2.37. The van der Waals surface area contributed by atoms with Crippen molar-refractivity contribution in [2.75, 3.05) is 33.2 Å². The first-order valence-electron chi connectivity index (χ1n) is 7.75. The summed E-state index contributed by atoms with van der Waals surface area (Å²) in [6, 6.07) is 0.580. The molecule has 2 N–H and O–H groups in total. The molecule has 1 aliphatic rings. The molecular weight excluding hydrogens is 238 g/mol. The van der Waals surface area contributed by atoms with E-state index in [0.717, 1.165) is 51.9 Å². The summed E-state index contributed by atoms with van der Waals surface area (Å²) in [5.41, 5.74) is -0.125. The second kappa shape index (κ2) is 7.85. The van der Waals surface area contributed by atoms with Crippen molar-refractivity contribution < 1.29 is 4.79 Å². The van der Waals surface area contributed by atoms with Gasteiger partial charge in [0.1, 0.15) is 0 Å². The highest BCUT2D eigenvalue weighted by atomic mass is 16.2. The largest absolute Gasteiger partial charge is 0.354 e. The first-order chi connectivity index (χ1) is 9.05. The number of likely N-dealkylation sites (N-methyl/N-ethyl adjacent to an activating group) is 1. The van der Waals surface area contributed by atoms with E-state index in [0.29, 0.717) is 6.04 Å². The fourth-order valence-electron chi connectivity index (χ4n) is 2.71. The first kappa shape index (κ1) is 16.4. The van der Waals surface area contributed by atoms with E-state index in [4.69, 9.17) is 0 Å². The van der Waals surface area contributed by atoms with Crippen LogP contribution in [0.5, 0.6) is 0 Å². The van der Waals surface area contributed by atoms with Gasteiger partial charge in [-0.2, -0.15) is 0 Å². The molecule has 0 aromatic heterocycles. The first-order valence-corrected chi connectivity index (χ1v) is 7.75. The van der Waals surface area contributed by atoms with Gasteiger partial charge >= 0.3 is 0 Å². The number of hydrogen-bond acceptors (Lipinski definition) is 3. The third-order valence-corrected chi connectivity index (χ3v) is 4.81. The van der Waals surface area contributed by atoms with E-state index in [1.165, 1.54) is 0 Å². The van der Waals surface area contributed by atoms with Gasteiger partial charge in [-0.3, -0.25) is 4.79 Å². The molecule has 0 aliphatic carbocycles. The van der Waals surface area contributed by atoms with Crippen molar-refractivity contribution >= 4 is 5.91 Å². The van der Waals surface area contributed by atoms with Crippen molar-refractivity contribution in [3.8, 4) is 0 Å².